The Labute approximate surface area is 321 Å². The monoisotopic (exact) mass is 668 g/mol. The second-order valence-electron chi connectivity index (χ2n) is 10.4. The number of aromatic nitrogens is 4. The SMILES string of the molecule is COc1ccc(-c2cnc(-c3cccc(CN(C)CCN(Cc4cc(C(=O)[O-])ccn4)Cc4cc(C(=O)[O-])ccn4)n3)s2)cc1.[Na+].[Na+]. The van der Waals surface area contributed by atoms with Gasteiger partial charge in [-0.3, -0.25) is 19.8 Å². The zero-order chi connectivity index (χ0) is 31.8. The topological polar surface area (TPSA) is 148 Å². The fraction of sp³-hybridized carbons (Fsp3) is 0.212. The van der Waals surface area contributed by atoms with Crippen molar-refractivity contribution in [1.29, 1.82) is 0 Å². The summed E-state index contributed by atoms with van der Waals surface area (Å²) >= 11 is 1.57. The molecular formula is C33H30N6Na2O5S. The predicted molar refractivity (Wildman–Crippen MR) is 165 cm³/mol. The van der Waals surface area contributed by atoms with Gasteiger partial charge in [0.15, 0.2) is 0 Å². The van der Waals surface area contributed by atoms with Gasteiger partial charge < -0.3 is 24.5 Å². The molecule has 4 heterocycles. The molecule has 47 heavy (non-hydrogen) atoms. The van der Waals surface area contributed by atoms with Crippen molar-refractivity contribution in [2.45, 2.75) is 19.6 Å². The van der Waals surface area contributed by atoms with Gasteiger partial charge in [0.1, 0.15) is 10.8 Å². The first-order valence-corrected chi connectivity index (χ1v) is 14.9. The molecule has 5 rings (SSSR count). The van der Waals surface area contributed by atoms with E-state index in [2.05, 4.69) is 19.9 Å². The minimum Gasteiger partial charge on any atom is -0.545 e. The van der Waals surface area contributed by atoms with Crippen molar-refractivity contribution in [3.63, 3.8) is 0 Å². The first-order valence-electron chi connectivity index (χ1n) is 14.1. The molecule has 230 valence electrons. The van der Waals surface area contributed by atoms with E-state index in [1.165, 1.54) is 36.7 Å². The number of ether oxygens (including phenoxy) is 1. The van der Waals surface area contributed by atoms with Gasteiger partial charge in [-0.05, 0) is 73.3 Å². The number of carbonyl (C=O) groups is 2. The minimum atomic E-state index is -1.28. The van der Waals surface area contributed by atoms with Crippen molar-refractivity contribution in [3.8, 4) is 26.9 Å². The summed E-state index contributed by atoms with van der Waals surface area (Å²) in [6.07, 6.45) is 4.72. The van der Waals surface area contributed by atoms with Crippen LogP contribution in [0.15, 0.2) is 85.3 Å². The minimum absolute atomic E-state index is 0. The number of carboxylic acids is 2. The van der Waals surface area contributed by atoms with Gasteiger partial charge in [0.2, 0.25) is 0 Å². The fourth-order valence-electron chi connectivity index (χ4n) is 4.69. The molecule has 0 atom stereocenters. The van der Waals surface area contributed by atoms with Crippen molar-refractivity contribution < 1.29 is 83.7 Å². The molecular weight excluding hydrogens is 638 g/mol. The van der Waals surface area contributed by atoms with Gasteiger partial charge in [0, 0.05) is 62.4 Å². The molecule has 1 aromatic carbocycles. The molecule has 0 saturated carbocycles. The van der Waals surface area contributed by atoms with E-state index in [0.29, 0.717) is 44.1 Å². The molecule has 0 spiro atoms. The summed E-state index contributed by atoms with van der Waals surface area (Å²) in [5.41, 5.74) is 3.90. The molecule has 0 aliphatic rings. The van der Waals surface area contributed by atoms with E-state index < -0.39 is 11.9 Å². The number of aromatic carboxylic acids is 2. The maximum Gasteiger partial charge on any atom is 1.00 e. The van der Waals surface area contributed by atoms with E-state index in [9.17, 15) is 19.8 Å². The molecule has 0 aliphatic heterocycles. The number of methoxy groups -OCH3 is 1. The molecule has 14 heteroatoms. The molecule has 0 unspecified atom stereocenters. The van der Waals surface area contributed by atoms with Crippen LogP contribution in [0.2, 0.25) is 0 Å². The summed E-state index contributed by atoms with van der Waals surface area (Å²) < 4.78 is 5.25. The van der Waals surface area contributed by atoms with Crippen LogP contribution in [0.1, 0.15) is 37.8 Å². The van der Waals surface area contributed by atoms with Crippen LogP contribution in [-0.2, 0) is 19.6 Å². The van der Waals surface area contributed by atoms with Gasteiger partial charge in [0.25, 0.3) is 0 Å². The van der Waals surface area contributed by atoms with E-state index in [1.54, 1.807) is 18.4 Å². The Balaban J connectivity index is 0.00000300. The van der Waals surface area contributed by atoms with Crippen LogP contribution >= 0.6 is 11.3 Å². The molecule has 0 aliphatic carbocycles. The van der Waals surface area contributed by atoms with Crippen molar-refractivity contribution in [2.24, 2.45) is 0 Å². The summed E-state index contributed by atoms with van der Waals surface area (Å²) in [6, 6.07) is 19.5. The maximum atomic E-state index is 11.4. The molecule has 5 aromatic rings. The van der Waals surface area contributed by atoms with Crippen LogP contribution < -0.4 is 74.1 Å². The molecule has 11 nitrogen and oxygen atoms in total. The Morgan fingerprint density at radius 2 is 1.40 bits per heavy atom. The van der Waals surface area contributed by atoms with Gasteiger partial charge in [-0.1, -0.05) is 6.07 Å². The number of thiazole rings is 1. The Bertz CT molecular complexity index is 1730. The number of nitrogens with zero attached hydrogens (tertiary/aromatic N) is 6. The van der Waals surface area contributed by atoms with Gasteiger partial charge >= 0.3 is 59.1 Å². The summed E-state index contributed by atoms with van der Waals surface area (Å²) in [6.45, 7) is 2.41. The number of likely N-dealkylation sites (N-methyl/N-ethyl adjacent to an activating group) is 1. The number of carbonyl (C=O) groups excluding carboxylic acids is 2. The largest absolute Gasteiger partial charge is 1.00 e. The van der Waals surface area contributed by atoms with E-state index >= 15 is 0 Å². The maximum absolute atomic E-state index is 11.4. The third-order valence-corrected chi connectivity index (χ3v) is 8.08. The van der Waals surface area contributed by atoms with Crippen molar-refractivity contribution in [2.75, 3.05) is 27.2 Å². The number of hydrogen-bond donors (Lipinski definition) is 0. The van der Waals surface area contributed by atoms with Gasteiger partial charge in [0.05, 0.1) is 46.7 Å². The molecule has 0 radical (unpaired) electrons. The zero-order valence-electron chi connectivity index (χ0n) is 26.8. The molecule has 0 N–H and O–H groups in total. The Kier molecular flexibility index (Phi) is 15.1. The van der Waals surface area contributed by atoms with Crippen molar-refractivity contribution in [1.82, 2.24) is 29.7 Å². The van der Waals surface area contributed by atoms with Crippen LogP contribution in [0.3, 0.4) is 0 Å². The summed E-state index contributed by atoms with van der Waals surface area (Å²) in [5.74, 6) is -1.76. The average molecular weight is 669 g/mol. The second-order valence-corrected chi connectivity index (χ2v) is 11.4. The first kappa shape index (κ1) is 38.4. The quantitative estimate of drug-likeness (QED) is 0.109. The van der Waals surface area contributed by atoms with Crippen LogP contribution in [0.4, 0.5) is 0 Å². The normalized spacial score (nSPS) is 10.7. The molecule has 0 saturated heterocycles. The van der Waals surface area contributed by atoms with Gasteiger partial charge in [-0.15, -0.1) is 11.3 Å². The average Bonchev–Trinajstić information content (AvgIpc) is 3.55. The van der Waals surface area contributed by atoms with E-state index in [0.717, 1.165) is 32.6 Å². The Hall–Kier alpha value is -3.04. The molecule has 0 bridgehead atoms. The zero-order valence-corrected chi connectivity index (χ0v) is 31.6. The second kappa shape index (κ2) is 18.5. The number of hydrogen-bond acceptors (Lipinski definition) is 12. The Morgan fingerprint density at radius 3 is 1.98 bits per heavy atom. The number of benzene rings is 1. The third kappa shape index (κ3) is 11.0. The van der Waals surface area contributed by atoms with E-state index in [-0.39, 0.29) is 70.2 Å². The summed E-state index contributed by atoms with van der Waals surface area (Å²) in [7, 11) is 3.63. The predicted octanol–water partition coefficient (Wildman–Crippen LogP) is -3.46. The summed E-state index contributed by atoms with van der Waals surface area (Å²) in [5, 5.41) is 23.6. The number of pyridine rings is 3. The van der Waals surface area contributed by atoms with E-state index in [4.69, 9.17) is 9.72 Å². The molecule has 0 fully saturated rings. The summed E-state index contributed by atoms with van der Waals surface area (Å²) in [4.78, 5) is 46.1. The third-order valence-electron chi connectivity index (χ3n) is 7.01. The van der Waals surface area contributed by atoms with Crippen LogP contribution in [0.5, 0.6) is 5.75 Å². The smallest absolute Gasteiger partial charge is 0.545 e. The van der Waals surface area contributed by atoms with Crippen LogP contribution in [-0.4, -0.2) is 68.9 Å². The van der Waals surface area contributed by atoms with Gasteiger partial charge in [-0.2, -0.15) is 0 Å². The Morgan fingerprint density at radius 1 is 0.787 bits per heavy atom. The number of rotatable bonds is 14. The first-order chi connectivity index (χ1) is 21.8. The van der Waals surface area contributed by atoms with Crippen LogP contribution in [0.25, 0.3) is 21.1 Å². The fourth-order valence-corrected chi connectivity index (χ4v) is 5.58. The standard InChI is InChI=1S/C33H32N6O5S.2Na/c1-38(19-25-4-3-5-29(37-25)31-36-18-30(45-31)22-6-8-28(44-2)9-7-22)14-15-39(20-26-16-23(32(40)41)10-12-34-26)21-27-17-24(33(42)43)11-13-35-27;;/h3-13,16-18H,14-15,19-21H2,1-2H3,(H,40,41)(H,42,43);;/q;2*+1/p-2. The van der Waals surface area contributed by atoms with Crippen LogP contribution in [0, 0.1) is 0 Å². The number of carboxylic acid groups (broad SMARTS) is 2. The van der Waals surface area contributed by atoms with Gasteiger partial charge in [-0.25, -0.2) is 9.97 Å². The van der Waals surface area contributed by atoms with Crippen molar-refractivity contribution >= 4 is 23.3 Å². The molecule has 4 aromatic heterocycles. The van der Waals surface area contributed by atoms with E-state index in [1.807, 2.05) is 60.6 Å². The molecule has 0 amide bonds. The van der Waals surface area contributed by atoms with Crippen molar-refractivity contribution in [3.05, 3.63) is 114 Å².